The van der Waals surface area contributed by atoms with Crippen molar-refractivity contribution in [3.63, 3.8) is 0 Å². The van der Waals surface area contributed by atoms with E-state index < -0.39 is 6.29 Å². The van der Waals surface area contributed by atoms with Crippen molar-refractivity contribution in [2.24, 2.45) is 10.7 Å². The highest BCUT2D eigenvalue weighted by Gasteiger charge is 2.25. The highest BCUT2D eigenvalue weighted by molar-refractivity contribution is 8.13. The van der Waals surface area contributed by atoms with Crippen LogP contribution in [-0.2, 0) is 17.1 Å². The number of nitrogens with zero attached hydrogens (tertiary/aromatic N) is 1. The smallest absolute Gasteiger partial charge is 0.227 e. The number of halogens is 1. The molecule has 0 saturated carbocycles. The van der Waals surface area contributed by atoms with Gasteiger partial charge in [0.2, 0.25) is 6.29 Å². The minimum Gasteiger partial charge on any atom is -0.460 e. The maximum Gasteiger partial charge on any atom is 0.227 e. The van der Waals surface area contributed by atoms with Gasteiger partial charge in [-0.25, -0.2) is 4.39 Å². The van der Waals surface area contributed by atoms with Gasteiger partial charge in [0.15, 0.2) is 5.17 Å². The van der Waals surface area contributed by atoms with E-state index in [1.54, 1.807) is 6.08 Å². The van der Waals surface area contributed by atoms with Gasteiger partial charge in [-0.3, -0.25) is 4.99 Å². The number of rotatable bonds is 5. The fourth-order valence-corrected chi connectivity index (χ4v) is 3.19. The van der Waals surface area contributed by atoms with Crippen LogP contribution in [0.4, 0.5) is 4.39 Å². The van der Waals surface area contributed by atoms with Gasteiger partial charge in [-0.1, -0.05) is 48.2 Å². The van der Waals surface area contributed by atoms with Gasteiger partial charge in [0.05, 0.1) is 13.2 Å². The van der Waals surface area contributed by atoms with Crippen molar-refractivity contribution in [1.82, 2.24) is 0 Å². The number of nitrogens with two attached hydrogens (primary N) is 1. The Balaban J connectivity index is 1.81. The molecule has 1 atom stereocenters. The first-order valence-corrected chi connectivity index (χ1v) is 8.84. The average Bonchev–Trinajstić information content (AvgIpc) is 2.64. The molecule has 0 radical (unpaired) electrons. The number of hydrogen-bond acceptors (Lipinski definition) is 4. The minimum absolute atomic E-state index is 0.296. The van der Waals surface area contributed by atoms with Crippen LogP contribution in [0.2, 0.25) is 0 Å². The molecule has 1 aliphatic heterocycles. The summed E-state index contributed by atoms with van der Waals surface area (Å²) in [5.41, 5.74) is 8.20. The lowest BCUT2D eigenvalue weighted by Gasteiger charge is -2.28. The molecule has 0 bridgehead atoms. The monoisotopic (exact) mass is 358 g/mol. The van der Waals surface area contributed by atoms with Crippen molar-refractivity contribution >= 4 is 16.9 Å². The van der Waals surface area contributed by atoms with E-state index in [1.807, 2.05) is 30.3 Å². The number of fused-ring (bicyclic) bond motifs is 1. The predicted molar refractivity (Wildman–Crippen MR) is 99.0 cm³/mol. The van der Waals surface area contributed by atoms with Crippen LogP contribution in [0.25, 0.3) is 0 Å². The van der Waals surface area contributed by atoms with E-state index in [1.165, 1.54) is 23.9 Å². The molecular weight excluding hydrogens is 339 g/mol. The van der Waals surface area contributed by atoms with E-state index in [2.05, 4.69) is 11.6 Å². The molecule has 0 amide bonds. The molecule has 3 rings (SSSR count). The van der Waals surface area contributed by atoms with Gasteiger partial charge in [-0.15, -0.1) is 6.58 Å². The summed E-state index contributed by atoms with van der Waals surface area (Å²) in [5.74, 6) is 0.806. The first kappa shape index (κ1) is 17.5. The lowest BCUT2D eigenvalue weighted by molar-refractivity contribution is -0.112. The van der Waals surface area contributed by atoms with E-state index in [4.69, 9.17) is 15.2 Å². The van der Waals surface area contributed by atoms with E-state index in [0.717, 1.165) is 11.1 Å². The zero-order chi connectivity index (χ0) is 17.6. The van der Waals surface area contributed by atoms with Gasteiger partial charge in [-0.2, -0.15) is 0 Å². The molecule has 0 aliphatic carbocycles. The highest BCUT2D eigenvalue weighted by atomic mass is 32.2. The van der Waals surface area contributed by atoms with Crippen molar-refractivity contribution < 1.29 is 13.9 Å². The van der Waals surface area contributed by atoms with Gasteiger partial charge in [-0.05, 0) is 12.1 Å². The Morgan fingerprint density at radius 2 is 2.16 bits per heavy atom. The molecular formula is C19H19FN2O2S. The number of hydrogen-bond donors (Lipinski definition) is 1. The maximum absolute atomic E-state index is 13.9. The van der Waals surface area contributed by atoms with E-state index in [0.29, 0.717) is 35.4 Å². The molecule has 0 fully saturated rings. The second-order valence-corrected chi connectivity index (χ2v) is 6.48. The number of thioether (sulfide) groups is 1. The summed E-state index contributed by atoms with van der Waals surface area (Å²) in [4.78, 5) is 4.13. The lowest BCUT2D eigenvalue weighted by atomic mass is 10.1. The fourth-order valence-electron chi connectivity index (χ4n) is 2.51. The van der Waals surface area contributed by atoms with Crippen LogP contribution in [0.3, 0.4) is 0 Å². The van der Waals surface area contributed by atoms with E-state index >= 15 is 0 Å². The van der Waals surface area contributed by atoms with Crippen LogP contribution in [0, 0.1) is 5.82 Å². The Morgan fingerprint density at radius 3 is 2.92 bits per heavy atom. The second-order valence-electron chi connectivity index (χ2n) is 5.48. The van der Waals surface area contributed by atoms with Crippen molar-refractivity contribution in [2.45, 2.75) is 18.6 Å². The van der Waals surface area contributed by atoms with Crippen molar-refractivity contribution in [2.75, 3.05) is 6.54 Å². The molecule has 4 nitrogen and oxygen atoms in total. The van der Waals surface area contributed by atoms with E-state index in [-0.39, 0.29) is 5.82 Å². The van der Waals surface area contributed by atoms with Crippen LogP contribution >= 0.6 is 11.8 Å². The normalized spacial score (nSPS) is 16.8. The Morgan fingerprint density at radius 1 is 1.36 bits per heavy atom. The Labute approximate surface area is 150 Å². The zero-order valence-corrected chi connectivity index (χ0v) is 14.5. The van der Waals surface area contributed by atoms with Gasteiger partial charge < -0.3 is 15.2 Å². The van der Waals surface area contributed by atoms with Crippen LogP contribution in [-0.4, -0.2) is 11.7 Å². The third kappa shape index (κ3) is 4.41. The molecule has 25 heavy (non-hydrogen) atoms. The SMILES string of the molecule is C=CCN=C(N)SCc1cc(F)cc2c1O[C@@H](c1ccccc1)OC2. The number of amidine groups is 1. The van der Waals surface area contributed by atoms with Gasteiger partial charge in [0, 0.05) is 22.4 Å². The number of aliphatic imine (C=N–C) groups is 1. The molecule has 0 spiro atoms. The zero-order valence-electron chi connectivity index (χ0n) is 13.7. The third-order valence-corrected chi connectivity index (χ3v) is 4.53. The van der Waals surface area contributed by atoms with Crippen LogP contribution in [0.1, 0.15) is 23.0 Å². The van der Waals surface area contributed by atoms with Gasteiger partial charge in [0.1, 0.15) is 11.6 Å². The summed E-state index contributed by atoms with van der Waals surface area (Å²) in [7, 11) is 0. The maximum atomic E-state index is 13.9. The topological polar surface area (TPSA) is 56.8 Å². The summed E-state index contributed by atoms with van der Waals surface area (Å²) >= 11 is 1.34. The van der Waals surface area contributed by atoms with Crippen LogP contribution in [0.15, 0.2) is 60.1 Å². The first-order chi connectivity index (χ1) is 12.2. The first-order valence-electron chi connectivity index (χ1n) is 7.85. The summed E-state index contributed by atoms with van der Waals surface area (Å²) in [6.45, 7) is 4.36. The van der Waals surface area contributed by atoms with Gasteiger partial charge in [0.25, 0.3) is 0 Å². The molecule has 6 heteroatoms. The molecule has 0 saturated heterocycles. The molecule has 0 unspecified atom stereocenters. The molecule has 2 aromatic rings. The highest BCUT2D eigenvalue weighted by Crippen LogP contribution is 2.37. The van der Waals surface area contributed by atoms with Crippen LogP contribution < -0.4 is 10.5 Å². The Hall–Kier alpha value is -2.31. The van der Waals surface area contributed by atoms with E-state index in [9.17, 15) is 4.39 Å². The second kappa shape index (κ2) is 8.18. The average molecular weight is 358 g/mol. The minimum atomic E-state index is -0.505. The fraction of sp³-hybridized carbons (Fsp3) is 0.211. The largest absolute Gasteiger partial charge is 0.460 e. The standard InChI is InChI=1S/C19H19FN2O2S/c1-2-8-22-19(21)25-12-15-10-16(20)9-14-11-23-18(24-17(14)15)13-6-4-3-5-7-13/h2-7,9-10,18H,1,8,11-12H2,(H2,21,22)/t18-/m0/s1. The summed E-state index contributed by atoms with van der Waals surface area (Å²) in [5, 5.41) is 0.435. The van der Waals surface area contributed by atoms with Crippen LogP contribution in [0.5, 0.6) is 5.75 Å². The van der Waals surface area contributed by atoms with Crippen molar-refractivity contribution in [3.05, 3.63) is 77.6 Å². The molecule has 0 aromatic heterocycles. The third-order valence-electron chi connectivity index (χ3n) is 3.65. The molecule has 1 heterocycles. The molecule has 130 valence electrons. The summed E-state index contributed by atoms with van der Waals surface area (Å²) < 4.78 is 25.6. The quantitative estimate of drug-likeness (QED) is 0.495. The Bertz CT molecular complexity index is 780. The Kier molecular flexibility index (Phi) is 5.73. The van der Waals surface area contributed by atoms with Gasteiger partial charge >= 0.3 is 0 Å². The number of ether oxygens (including phenoxy) is 2. The molecule has 2 N–H and O–H groups in total. The summed E-state index contributed by atoms with van der Waals surface area (Å²) in [6.07, 6.45) is 1.16. The van der Waals surface area contributed by atoms with Crippen molar-refractivity contribution in [3.8, 4) is 5.75 Å². The van der Waals surface area contributed by atoms with Crippen molar-refractivity contribution in [1.29, 1.82) is 0 Å². The number of benzene rings is 2. The molecule has 2 aromatic carbocycles. The predicted octanol–water partition coefficient (Wildman–Crippen LogP) is 4.17. The molecule has 1 aliphatic rings. The lowest BCUT2D eigenvalue weighted by Crippen LogP contribution is -2.19. The summed E-state index contributed by atoms with van der Waals surface area (Å²) in [6, 6.07) is 12.6.